The topological polar surface area (TPSA) is 29.1 Å². The SMILES string of the molecule is CC(C)NCCCS(=O)c1ccc(F)cc1. The second kappa shape index (κ2) is 6.76. The van der Waals surface area contributed by atoms with Crippen molar-refractivity contribution < 1.29 is 8.60 Å². The quantitative estimate of drug-likeness (QED) is 0.777. The van der Waals surface area contributed by atoms with E-state index in [1.807, 2.05) is 0 Å². The van der Waals surface area contributed by atoms with Crippen LogP contribution in [0.1, 0.15) is 20.3 Å². The first-order valence-corrected chi connectivity index (χ1v) is 6.79. The molecule has 0 aliphatic rings. The van der Waals surface area contributed by atoms with Gasteiger partial charge in [0.15, 0.2) is 0 Å². The van der Waals surface area contributed by atoms with E-state index < -0.39 is 10.8 Å². The van der Waals surface area contributed by atoms with E-state index in [1.54, 1.807) is 12.1 Å². The maximum absolute atomic E-state index is 12.6. The highest BCUT2D eigenvalue weighted by Crippen LogP contribution is 2.08. The molecule has 1 rings (SSSR count). The molecule has 0 radical (unpaired) electrons. The maximum Gasteiger partial charge on any atom is 0.123 e. The zero-order valence-corrected chi connectivity index (χ0v) is 10.5. The molecule has 0 heterocycles. The first-order chi connectivity index (χ1) is 7.59. The molecular formula is C12H18FNOS. The lowest BCUT2D eigenvalue weighted by Gasteiger charge is -2.07. The maximum atomic E-state index is 12.6. The second-order valence-electron chi connectivity index (χ2n) is 3.97. The second-order valence-corrected chi connectivity index (χ2v) is 5.54. The molecule has 1 aromatic rings. The Morgan fingerprint density at radius 2 is 1.94 bits per heavy atom. The highest BCUT2D eigenvalue weighted by molar-refractivity contribution is 7.85. The molecule has 0 aliphatic heterocycles. The highest BCUT2D eigenvalue weighted by atomic mass is 32.2. The molecule has 90 valence electrons. The van der Waals surface area contributed by atoms with Crippen LogP contribution in [0.25, 0.3) is 0 Å². The van der Waals surface area contributed by atoms with E-state index in [0.29, 0.717) is 16.7 Å². The van der Waals surface area contributed by atoms with E-state index in [1.165, 1.54) is 12.1 Å². The highest BCUT2D eigenvalue weighted by Gasteiger charge is 2.03. The van der Waals surface area contributed by atoms with Crippen LogP contribution in [0.4, 0.5) is 4.39 Å². The van der Waals surface area contributed by atoms with Gasteiger partial charge in [0.25, 0.3) is 0 Å². The van der Waals surface area contributed by atoms with Gasteiger partial charge in [0.05, 0.1) is 10.8 Å². The van der Waals surface area contributed by atoms with Crippen LogP contribution >= 0.6 is 0 Å². The van der Waals surface area contributed by atoms with Crippen LogP contribution < -0.4 is 5.32 Å². The van der Waals surface area contributed by atoms with Gasteiger partial charge in [0.1, 0.15) is 5.82 Å². The standard InChI is InChI=1S/C12H18FNOS/c1-10(2)14-8-3-9-16(15)12-6-4-11(13)5-7-12/h4-7,10,14H,3,8-9H2,1-2H3. The lowest BCUT2D eigenvalue weighted by molar-refractivity contribution is 0.583. The summed E-state index contributed by atoms with van der Waals surface area (Å²) >= 11 is 0. The van der Waals surface area contributed by atoms with Gasteiger partial charge in [-0.2, -0.15) is 0 Å². The van der Waals surface area contributed by atoms with Crippen molar-refractivity contribution in [3.8, 4) is 0 Å². The summed E-state index contributed by atoms with van der Waals surface area (Å²) in [5.41, 5.74) is 0. The van der Waals surface area contributed by atoms with Crippen molar-refractivity contribution in [2.75, 3.05) is 12.3 Å². The molecule has 0 aromatic heterocycles. The minimum absolute atomic E-state index is 0.290. The number of halogens is 1. The molecule has 4 heteroatoms. The fourth-order valence-electron chi connectivity index (χ4n) is 1.30. The third-order valence-corrected chi connectivity index (χ3v) is 3.59. The van der Waals surface area contributed by atoms with Crippen molar-refractivity contribution in [1.29, 1.82) is 0 Å². The molecule has 0 fully saturated rings. The van der Waals surface area contributed by atoms with Gasteiger partial charge in [-0.25, -0.2) is 4.39 Å². The van der Waals surface area contributed by atoms with Crippen molar-refractivity contribution >= 4 is 10.8 Å². The number of rotatable bonds is 6. The predicted molar refractivity (Wildman–Crippen MR) is 65.4 cm³/mol. The monoisotopic (exact) mass is 243 g/mol. The molecule has 1 atom stereocenters. The van der Waals surface area contributed by atoms with E-state index in [2.05, 4.69) is 19.2 Å². The summed E-state index contributed by atoms with van der Waals surface area (Å²) in [5.74, 6) is 0.327. The molecule has 1 aromatic carbocycles. The van der Waals surface area contributed by atoms with Crippen LogP contribution in [0.3, 0.4) is 0 Å². The van der Waals surface area contributed by atoms with Gasteiger partial charge >= 0.3 is 0 Å². The van der Waals surface area contributed by atoms with Crippen LogP contribution in [0.15, 0.2) is 29.2 Å². The van der Waals surface area contributed by atoms with E-state index in [4.69, 9.17) is 0 Å². The molecular weight excluding hydrogens is 225 g/mol. The number of hydrogen-bond donors (Lipinski definition) is 1. The normalized spacial score (nSPS) is 13.0. The Morgan fingerprint density at radius 1 is 1.31 bits per heavy atom. The third kappa shape index (κ3) is 4.86. The number of benzene rings is 1. The van der Waals surface area contributed by atoms with Crippen molar-refractivity contribution in [3.63, 3.8) is 0 Å². The van der Waals surface area contributed by atoms with Crippen molar-refractivity contribution in [1.82, 2.24) is 5.32 Å². The Bertz CT molecular complexity index is 337. The van der Waals surface area contributed by atoms with E-state index in [9.17, 15) is 8.60 Å². The van der Waals surface area contributed by atoms with Crippen LogP contribution in [0, 0.1) is 5.82 Å². The lowest BCUT2D eigenvalue weighted by Crippen LogP contribution is -2.24. The Balaban J connectivity index is 2.32. The third-order valence-electron chi connectivity index (χ3n) is 2.14. The molecule has 0 saturated heterocycles. The minimum Gasteiger partial charge on any atom is -0.315 e. The summed E-state index contributed by atoms with van der Waals surface area (Å²) in [6.07, 6.45) is 0.863. The average molecular weight is 243 g/mol. The number of nitrogens with one attached hydrogen (secondary N) is 1. The summed E-state index contributed by atoms with van der Waals surface area (Å²) in [6.45, 7) is 5.03. The minimum atomic E-state index is -1.01. The van der Waals surface area contributed by atoms with E-state index in [0.717, 1.165) is 13.0 Å². The fraction of sp³-hybridized carbons (Fsp3) is 0.500. The summed E-state index contributed by atoms with van der Waals surface area (Å²) in [7, 11) is -1.01. The average Bonchev–Trinajstić information content (AvgIpc) is 2.25. The smallest absolute Gasteiger partial charge is 0.123 e. The van der Waals surface area contributed by atoms with Gasteiger partial charge in [-0.3, -0.25) is 4.21 Å². The van der Waals surface area contributed by atoms with Crippen LogP contribution in [0.5, 0.6) is 0 Å². The number of hydrogen-bond acceptors (Lipinski definition) is 2. The molecule has 0 bridgehead atoms. The predicted octanol–water partition coefficient (Wildman–Crippen LogP) is 2.32. The Morgan fingerprint density at radius 3 is 2.50 bits per heavy atom. The lowest BCUT2D eigenvalue weighted by atomic mass is 10.3. The molecule has 16 heavy (non-hydrogen) atoms. The van der Waals surface area contributed by atoms with Crippen LogP contribution in [-0.2, 0) is 10.8 Å². The van der Waals surface area contributed by atoms with Gasteiger partial charge < -0.3 is 5.32 Å². The largest absolute Gasteiger partial charge is 0.315 e. The van der Waals surface area contributed by atoms with Gasteiger partial charge in [0.2, 0.25) is 0 Å². The zero-order chi connectivity index (χ0) is 12.0. The molecule has 1 unspecified atom stereocenters. The van der Waals surface area contributed by atoms with Crippen molar-refractivity contribution in [2.24, 2.45) is 0 Å². The van der Waals surface area contributed by atoms with Crippen LogP contribution in [-0.4, -0.2) is 22.5 Å². The summed E-state index contributed by atoms with van der Waals surface area (Å²) in [6, 6.07) is 6.32. The summed E-state index contributed by atoms with van der Waals surface area (Å²) in [4.78, 5) is 0.700. The van der Waals surface area contributed by atoms with E-state index >= 15 is 0 Å². The molecule has 0 amide bonds. The summed E-state index contributed by atoms with van der Waals surface area (Å²) in [5, 5.41) is 3.27. The van der Waals surface area contributed by atoms with Gasteiger partial charge in [0, 0.05) is 16.7 Å². The van der Waals surface area contributed by atoms with Crippen LogP contribution in [0.2, 0.25) is 0 Å². The molecule has 0 spiro atoms. The van der Waals surface area contributed by atoms with Gasteiger partial charge in [-0.15, -0.1) is 0 Å². The fourth-order valence-corrected chi connectivity index (χ4v) is 2.38. The Labute approximate surface area is 98.7 Å². The molecule has 2 nitrogen and oxygen atoms in total. The first-order valence-electron chi connectivity index (χ1n) is 5.47. The summed E-state index contributed by atoms with van der Waals surface area (Å²) < 4.78 is 24.4. The Hall–Kier alpha value is -0.740. The van der Waals surface area contributed by atoms with Crippen molar-refractivity contribution in [2.45, 2.75) is 31.2 Å². The zero-order valence-electron chi connectivity index (χ0n) is 9.70. The van der Waals surface area contributed by atoms with E-state index in [-0.39, 0.29) is 5.82 Å². The molecule has 1 N–H and O–H groups in total. The van der Waals surface area contributed by atoms with Gasteiger partial charge in [-0.1, -0.05) is 13.8 Å². The molecule has 0 saturated carbocycles. The molecule has 0 aliphatic carbocycles. The Kier molecular flexibility index (Phi) is 5.63. The first kappa shape index (κ1) is 13.3. The van der Waals surface area contributed by atoms with Crippen molar-refractivity contribution in [3.05, 3.63) is 30.1 Å². The van der Waals surface area contributed by atoms with Gasteiger partial charge in [-0.05, 0) is 37.2 Å².